The van der Waals surface area contributed by atoms with Crippen molar-refractivity contribution in [3.8, 4) is 5.75 Å². The molecule has 0 spiro atoms. The third-order valence-corrected chi connectivity index (χ3v) is 3.24. The molecule has 2 rings (SSSR count). The number of methoxy groups -OCH3 is 1. The number of nitrogens with zero attached hydrogens (tertiary/aromatic N) is 1. The molecule has 0 amide bonds. The van der Waals surface area contributed by atoms with Gasteiger partial charge in [0.15, 0.2) is 0 Å². The normalized spacial score (nSPS) is 10.6. The second kappa shape index (κ2) is 3.83. The lowest BCUT2D eigenvalue weighted by molar-refractivity contribution is 0.418. The van der Waals surface area contributed by atoms with E-state index >= 15 is 0 Å². The zero-order valence-corrected chi connectivity index (χ0v) is 10.0. The molecule has 4 nitrogen and oxygen atoms in total. The highest BCUT2D eigenvalue weighted by atomic mass is 79.9. The first-order valence-electron chi connectivity index (χ1n) is 4.04. The monoisotopic (exact) mass is 288 g/mol. The van der Waals surface area contributed by atoms with Gasteiger partial charge in [-0.2, -0.15) is 0 Å². The molecule has 0 atom stereocenters. The van der Waals surface area contributed by atoms with Crippen molar-refractivity contribution in [2.75, 3.05) is 7.11 Å². The molecule has 0 aliphatic heterocycles. The maximum absolute atomic E-state index is 11.6. The average Bonchev–Trinajstić information content (AvgIpc) is 2.23. The van der Waals surface area contributed by atoms with Gasteiger partial charge in [-0.3, -0.25) is 4.79 Å². The lowest BCUT2D eigenvalue weighted by atomic mass is 10.2. The molecule has 0 fully saturated rings. The van der Waals surface area contributed by atoms with Crippen molar-refractivity contribution in [3.63, 3.8) is 0 Å². The van der Waals surface area contributed by atoms with E-state index in [1.165, 1.54) is 13.4 Å². The van der Waals surface area contributed by atoms with E-state index in [4.69, 9.17) is 16.3 Å². The van der Waals surface area contributed by atoms with Crippen molar-refractivity contribution < 1.29 is 4.74 Å². The fraction of sp³-hybridized carbons (Fsp3) is 0.111. The number of benzene rings is 1. The van der Waals surface area contributed by atoms with Crippen molar-refractivity contribution in [3.05, 3.63) is 32.2 Å². The Kier molecular flexibility index (Phi) is 2.67. The third kappa shape index (κ3) is 1.61. The molecular weight excluding hydrogens is 283 g/mol. The Labute approximate surface area is 98.4 Å². The molecule has 1 N–H and O–H groups in total. The topological polar surface area (TPSA) is 55.0 Å². The number of aromatic amines is 1. The van der Waals surface area contributed by atoms with Gasteiger partial charge in [0, 0.05) is 4.47 Å². The van der Waals surface area contributed by atoms with Gasteiger partial charge in [-0.05, 0) is 22.0 Å². The Morgan fingerprint density at radius 2 is 2.33 bits per heavy atom. The molecule has 0 aliphatic rings. The molecule has 0 saturated heterocycles. The summed E-state index contributed by atoms with van der Waals surface area (Å²) in [6.45, 7) is 0. The van der Waals surface area contributed by atoms with Crippen LogP contribution in [0.15, 0.2) is 21.7 Å². The summed E-state index contributed by atoms with van der Waals surface area (Å²) in [6.07, 6.45) is 1.32. The van der Waals surface area contributed by atoms with E-state index in [0.29, 0.717) is 26.1 Å². The predicted octanol–water partition coefficient (Wildman–Crippen LogP) is 2.35. The van der Waals surface area contributed by atoms with Gasteiger partial charge in [0.2, 0.25) is 0 Å². The van der Waals surface area contributed by atoms with E-state index in [1.54, 1.807) is 6.07 Å². The van der Waals surface area contributed by atoms with E-state index in [1.807, 2.05) is 0 Å². The lowest BCUT2D eigenvalue weighted by Crippen LogP contribution is -2.07. The maximum Gasteiger partial charge on any atom is 0.260 e. The Balaban J connectivity index is 3.03. The molecule has 1 aromatic carbocycles. The van der Waals surface area contributed by atoms with Crippen LogP contribution in [0.1, 0.15) is 0 Å². The molecule has 1 aromatic heterocycles. The second-order valence-corrected chi connectivity index (χ2v) is 4.06. The largest absolute Gasteiger partial charge is 0.494 e. The van der Waals surface area contributed by atoms with Gasteiger partial charge in [-0.25, -0.2) is 4.98 Å². The van der Waals surface area contributed by atoms with Crippen LogP contribution in [0.5, 0.6) is 5.75 Å². The Hall–Kier alpha value is -1.07. The van der Waals surface area contributed by atoms with Crippen LogP contribution in [0.2, 0.25) is 5.02 Å². The van der Waals surface area contributed by atoms with Gasteiger partial charge in [0.05, 0.1) is 23.8 Å². The minimum Gasteiger partial charge on any atom is -0.494 e. The first-order chi connectivity index (χ1) is 7.15. The fourth-order valence-electron chi connectivity index (χ4n) is 1.31. The lowest BCUT2D eigenvalue weighted by Gasteiger charge is -2.06. The molecular formula is C9H6BrClN2O2. The van der Waals surface area contributed by atoms with Crippen molar-refractivity contribution >= 4 is 38.4 Å². The molecule has 6 heteroatoms. The van der Waals surface area contributed by atoms with Crippen molar-refractivity contribution in [2.45, 2.75) is 0 Å². The highest BCUT2D eigenvalue weighted by molar-refractivity contribution is 9.10. The standard InChI is InChI=1S/C9H6BrClN2O2/c1-15-5-2-4(10)7(11)6-8(5)12-3-13-9(6)14/h2-3H,1H3,(H,12,13,14). The summed E-state index contributed by atoms with van der Waals surface area (Å²) in [6, 6.07) is 1.68. The summed E-state index contributed by atoms with van der Waals surface area (Å²) >= 11 is 9.25. The number of halogens is 2. The highest BCUT2D eigenvalue weighted by Crippen LogP contribution is 2.34. The fourth-order valence-corrected chi connectivity index (χ4v) is 1.95. The quantitative estimate of drug-likeness (QED) is 0.877. The number of hydrogen-bond acceptors (Lipinski definition) is 3. The van der Waals surface area contributed by atoms with Crippen LogP contribution in [0, 0.1) is 0 Å². The van der Waals surface area contributed by atoms with Crippen molar-refractivity contribution in [1.29, 1.82) is 0 Å². The van der Waals surface area contributed by atoms with Crippen LogP contribution in [0.25, 0.3) is 10.9 Å². The number of aromatic nitrogens is 2. The van der Waals surface area contributed by atoms with E-state index in [0.717, 1.165) is 0 Å². The van der Waals surface area contributed by atoms with Gasteiger partial charge in [0.1, 0.15) is 11.3 Å². The predicted molar refractivity (Wildman–Crippen MR) is 61.6 cm³/mol. The maximum atomic E-state index is 11.6. The van der Waals surface area contributed by atoms with Gasteiger partial charge < -0.3 is 9.72 Å². The Morgan fingerprint density at radius 1 is 1.60 bits per heavy atom. The van der Waals surface area contributed by atoms with Crippen LogP contribution >= 0.6 is 27.5 Å². The van der Waals surface area contributed by atoms with Crippen molar-refractivity contribution in [1.82, 2.24) is 9.97 Å². The number of fused-ring (bicyclic) bond motifs is 1. The van der Waals surface area contributed by atoms with Gasteiger partial charge >= 0.3 is 0 Å². The summed E-state index contributed by atoms with van der Waals surface area (Å²) < 4.78 is 5.72. The van der Waals surface area contributed by atoms with Crippen LogP contribution in [-0.2, 0) is 0 Å². The van der Waals surface area contributed by atoms with Crippen LogP contribution < -0.4 is 10.3 Å². The van der Waals surface area contributed by atoms with E-state index in [-0.39, 0.29) is 5.56 Å². The molecule has 1 heterocycles. The van der Waals surface area contributed by atoms with Crippen LogP contribution in [-0.4, -0.2) is 17.1 Å². The SMILES string of the molecule is COc1cc(Br)c(Cl)c2c(=O)[nH]cnc12. The summed E-state index contributed by atoms with van der Waals surface area (Å²) in [5.41, 5.74) is 0.166. The molecule has 0 unspecified atom stereocenters. The molecule has 15 heavy (non-hydrogen) atoms. The molecule has 0 radical (unpaired) electrons. The van der Waals surface area contributed by atoms with E-state index in [2.05, 4.69) is 25.9 Å². The van der Waals surface area contributed by atoms with Crippen LogP contribution in [0.4, 0.5) is 0 Å². The molecule has 0 aliphatic carbocycles. The molecule has 0 bridgehead atoms. The number of hydrogen-bond donors (Lipinski definition) is 1. The zero-order valence-electron chi connectivity index (χ0n) is 7.67. The number of H-pyrrole nitrogens is 1. The summed E-state index contributed by atoms with van der Waals surface area (Å²) in [4.78, 5) is 18.1. The number of rotatable bonds is 1. The molecule has 2 aromatic rings. The van der Waals surface area contributed by atoms with Gasteiger partial charge in [-0.15, -0.1) is 0 Å². The summed E-state index contributed by atoms with van der Waals surface area (Å²) in [5.74, 6) is 0.507. The zero-order chi connectivity index (χ0) is 11.0. The Morgan fingerprint density at radius 3 is 3.00 bits per heavy atom. The van der Waals surface area contributed by atoms with Crippen LogP contribution in [0.3, 0.4) is 0 Å². The first kappa shape index (κ1) is 10.4. The first-order valence-corrected chi connectivity index (χ1v) is 5.21. The van der Waals surface area contributed by atoms with E-state index in [9.17, 15) is 4.79 Å². The van der Waals surface area contributed by atoms with Gasteiger partial charge in [-0.1, -0.05) is 11.6 Å². The third-order valence-electron chi connectivity index (χ3n) is 1.99. The number of ether oxygens (including phenoxy) is 1. The van der Waals surface area contributed by atoms with Crippen molar-refractivity contribution in [2.24, 2.45) is 0 Å². The van der Waals surface area contributed by atoms with E-state index < -0.39 is 0 Å². The minimum atomic E-state index is -0.287. The van der Waals surface area contributed by atoms with Gasteiger partial charge in [0.25, 0.3) is 5.56 Å². The average molecular weight is 290 g/mol. The minimum absolute atomic E-state index is 0.287. The smallest absolute Gasteiger partial charge is 0.260 e. The summed E-state index contributed by atoms with van der Waals surface area (Å²) in [7, 11) is 1.51. The molecule has 78 valence electrons. The Bertz CT molecular complexity index is 582. The summed E-state index contributed by atoms with van der Waals surface area (Å²) in [5, 5.41) is 0.658. The highest BCUT2D eigenvalue weighted by Gasteiger charge is 2.13. The number of nitrogens with one attached hydrogen (secondary N) is 1. The molecule has 0 saturated carbocycles. The second-order valence-electron chi connectivity index (χ2n) is 2.83.